The molecule has 3 heterocycles. The largest absolute Gasteiger partial charge is 0.416 e. The fourth-order valence-corrected chi connectivity index (χ4v) is 3.09. The molecule has 0 aliphatic heterocycles. The van der Waals surface area contributed by atoms with E-state index in [1.165, 1.54) is 17.0 Å². The Labute approximate surface area is 178 Å². The van der Waals surface area contributed by atoms with E-state index in [0.717, 1.165) is 18.3 Å². The molecule has 0 saturated carbocycles. The zero-order chi connectivity index (χ0) is 22.9. The normalized spacial score (nSPS) is 11.2. The number of nitrogens with zero attached hydrogens (tertiary/aromatic N) is 5. The van der Waals surface area contributed by atoms with Crippen molar-refractivity contribution in [1.29, 1.82) is 5.26 Å². The number of halogens is 3. The summed E-state index contributed by atoms with van der Waals surface area (Å²) in [4.78, 5) is 19.8. The van der Waals surface area contributed by atoms with E-state index < -0.39 is 17.8 Å². The van der Waals surface area contributed by atoms with Crippen molar-refractivity contribution in [2.45, 2.75) is 6.18 Å². The number of amides is 2. The lowest BCUT2D eigenvalue weighted by Crippen LogP contribution is -2.20. The molecule has 0 saturated heterocycles. The van der Waals surface area contributed by atoms with Gasteiger partial charge in [-0.2, -0.15) is 23.5 Å². The summed E-state index contributed by atoms with van der Waals surface area (Å²) in [5, 5.41) is 18.3. The van der Waals surface area contributed by atoms with E-state index in [1.54, 1.807) is 24.3 Å². The van der Waals surface area contributed by atoms with Crippen LogP contribution in [0.5, 0.6) is 0 Å². The summed E-state index contributed by atoms with van der Waals surface area (Å²) in [5.41, 5.74) is 7.37. The Morgan fingerprint density at radius 1 is 1.12 bits per heavy atom. The van der Waals surface area contributed by atoms with Gasteiger partial charge in [0.25, 0.3) is 0 Å². The number of aromatic nitrogens is 4. The molecule has 0 aliphatic rings. The van der Waals surface area contributed by atoms with Gasteiger partial charge in [-0.1, -0.05) is 12.1 Å². The highest BCUT2D eigenvalue weighted by molar-refractivity contribution is 5.99. The van der Waals surface area contributed by atoms with Crippen LogP contribution in [-0.4, -0.2) is 25.6 Å². The Morgan fingerprint density at radius 2 is 1.88 bits per heavy atom. The van der Waals surface area contributed by atoms with E-state index >= 15 is 0 Å². The first kappa shape index (κ1) is 20.6. The second-order valence-electron chi connectivity index (χ2n) is 6.55. The number of nitrogens with one attached hydrogen (secondary N) is 2. The summed E-state index contributed by atoms with van der Waals surface area (Å²) in [6, 6.07) is 9.30. The fraction of sp³-hybridized carbons (Fsp3) is 0.0500. The van der Waals surface area contributed by atoms with Gasteiger partial charge >= 0.3 is 12.2 Å². The highest BCUT2D eigenvalue weighted by Gasteiger charge is 2.30. The van der Waals surface area contributed by atoms with Crippen molar-refractivity contribution in [2.24, 2.45) is 0 Å². The van der Waals surface area contributed by atoms with Crippen LogP contribution in [0.25, 0.3) is 16.6 Å². The van der Waals surface area contributed by atoms with Crippen LogP contribution in [-0.2, 0) is 6.18 Å². The minimum Gasteiger partial charge on any atom is -0.382 e. The maximum absolute atomic E-state index is 12.8. The molecule has 0 atom stereocenters. The minimum absolute atomic E-state index is 0.201. The molecule has 0 fully saturated rings. The van der Waals surface area contributed by atoms with Gasteiger partial charge in [-0.15, -0.1) is 0 Å². The maximum atomic E-state index is 12.8. The Bertz CT molecular complexity index is 1360. The summed E-state index contributed by atoms with van der Waals surface area (Å²) in [6.45, 7) is 0. The third-order valence-electron chi connectivity index (χ3n) is 4.48. The van der Waals surface area contributed by atoms with E-state index in [9.17, 15) is 23.2 Å². The lowest BCUT2D eigenvalue weighted by atomic mass is 10.0. The smallest absolute Gasteiger partial charge is 0.382 e. The van der Waals surface area contributed by atoms with Crippen LogP contribution in [0.15, 0.2) is 55.1 Å². The van der Waals surface area contributed by atoms with Crippen LogP contribution < -0.4 is 16.4 Å². The molecule has 32 heavy (non-hydrogen) atoms. The van der Waals surface area contributed by atoms with Gasteiger partial charge in [0.2, 0.25) is 0 Å². The van der Waals surface area contributed by atoms with Crippen LogP contribution in [0.1, 0.15) is 11.1 Å². The topological polar surface area (TPSA) is 134 Å². The minimum atomic E-state index is -4.55. The standard InChI is InChI=1S/C20H13F3N8O/c21-20(22,23)13-5-6-26-15(7-13)30-19(32)29-14-3-1-11(2-4-14)16-12(8-24)9-31-17(16)18(25)27-10-28-31/h1-7,9-10H,(H2,25,27,28)(H2,26,29,30,32). The Hall–Kier alpha value is -4.66. The van der Waals surface area contributed by atoms with Gasteiger partial charge in [-0.3, -0.25) is 5.32 Å². The maximum Gasteiger partial charge on any atom is 0.416 e. The number of fused-ring (bicyclic) bond motifs is 1. The van der Waals surface area contributed by atoms with Crippen LogP contribution >= 0.6 is 0 Å². The van der Waals surface area contributed by atoms with Gasteiger partial charge in [-0.25, -0.2) is 19.3 Å². The molecule has 0 radical (unpaired) electrons. The van der Waals surface area contributed by atoms with E-state index in [4.69, 9.17) is 5.73 Å². The van der Waals surface area contributed by atoms with Crippen molar-refractivity contribution in [3.8, 4) is 17.2 Å². The molecule has 0 aliphatic carbocycles. The number of hydrogen-bond acceptors (Lipinski definition) is 6. The number of alkyl halides is 3. The number of carbonyl (C=O) groups is 1. The van der Waals surface area contributed by atoms with Gasteiger partial charge in [-0.05, 0) is 29.8 Å². The number of anilines is 3. The third-order valence-corrected chi connectivity index (χ3v) is 4.48. The zero-order valence-electron chi connectivity index (χ0n) is 16.1. The Kier molecular flexibility index (Phi) is 5.07. The SMILES string of the molecule is N#Cc1cn2ncnc(N)c2c1-c1ccc(NC(=O)Nc2cc(C(F)(F)F)ccn2)cc1. The summed E-state index contributed by atoms with van der Waals surface area (Å²) < 4.78 is 39.8. The molecule has 0 unspecified atom stereocenters. The third kappa shape index (κ3) is 3.99. The fourth-order valence-electron chi connectivity index (χ4n) is 3.09. The summed E-state index contributed by atoms with van der Waals surface area (Å²) in [7, 11) is 0. The van der Waals surface area contributed by atoms with E-state index in [0.29, 0.717) is 27.9 Å². The van der Waals surface area contributed by atoms with Crippen LogP contribution in [0.3, 0.4) is 0 Å². The number of nitrogens with two attached hydrogens (primary N) is 1. The van der Waals surface area contributed by atoms with Crippen molar-refractivity contribution in [3.05, 3.63) is 66.2 Å². The number of nitrogen functional groups attached to an aromatic ring is 1. The predicted molar refractivity (Wildman–Crippen MR) is 109 cm³/mol. The summed E-state index contributed by atoms with van der Waals surface area (Å²) in [6.07, 6.45) is -0.786. The molecule has 4 N–H and O–H groups in total. The molecule has 3 aromatic heterocycles. The molecule has 1 aromatic carbocycles. The number of pyridine rings is 1. The van der Waals surface area contributed by atoms with Crippen molar-refractivity contribution < 1.29 is 18.0 Å². The second-order valence-corrected chi connectivity index (χ2v) is 6.55. The van der Waals surface area contributed by atoms with Gasteiger partial charge in [0.1, 0.15) is 23.7 Å². The van der Waals surface area contributed by atoms with E-state index in [-0.39, 0.29) is 11.6 Å². The molecular weight excluding hydrogens is 425 g/mol. The summed E-state index contributed by atoms with van der Waals surface area (Å²) in [5.74, 6) is -0.0463. The predicted octanol–water partition coefficient (Wildman–Crippen LogP) is 3.91. The molecule has 9 nitrogen and oxygen atoms in total. The second kappa shape index (κ2) is 7.88. The molecule has 0 bridgehead atoms. The number of benzene rings is 1. The van der Waals surface area contributed by atoms with Crippen LogP contribution in [0, 0.1) is 11.3 Å². The van der Waals surface area contributed by atoms with Crippen molar-refractivity contribution in [1.82, 2.24) is 19.6 Å². The van der Waals surface area contributed by atoms with E-state index in [1.807, 2.05) is 0 Å². The molecule has 2 amide bonds. The lowest BCUT2D eigenvalue weighted by Gasteiger charge is -2.10. The number of carbonyl (C=O) groups excluding carboxylic acids is 1. The average Bonchev–Trinajstić information content (AvgIpc) is 3.14. The van der Waals surface area contributed by atoms with Gasteiger partial charge in [0.15, 0.2) is 5.82 Å². The number of urea groups is 1. The molecule has 4 aromatic rings. The highest BCUT2D eigenvalue weighted by Crippen LogP contribution is 2.33. The Morgan fingerprint density at radius 3 is 2.56 bits per heavy atom. The number of rotatable bonds is 3. The van der Waals surface area contributed by atoms with Gasteiger partial charge < -0.3 is 11.1 Å². The van der Waals surface area contributed by atoms with Crippen molar-refractivity contribution in [3.63, 3.8) is 0 Å². The van der Waals surface area contributed by atoms with Crippen molar-refractivity contribution >= 4 is 28.9 Å². The lowest BCUT2D eigenvalue weighted by molar-refractivity contribution is -0.137. The quantitative estimate of drug-likeness (QED) is 0.444. The summed E-state index contributed by atoms with van der Waals surface area (Å²) >= 11 is 0. The van der Waals surface area contributed by atoms with Gasteiger partial charge in [0.05, 0.1) is 11.1 Å². The monoisotopic (exact) mass is 438 g/mol. The first-order valence-electron chi connectivity index (χ1n) is 9.00. The zero-order valence-corrected chi connectivity index (χ0v) is 16.1. The van der Waals surface area contributed by atoms with Crippen molar-refractivity contribution in [2.75, 3.05) is 16.4 Å². The van der Waals surface area contributed by atoms with Crippen LogP contribution in [0.4, 0.5) is 35.3 Å². The van der Waals surface area contributed by atoms with Crippen LogP contribution in [0.2, 0.25) is 0 Å². The molecule has 0 spiro atoms. The van der Waals surface area contributed by atoms with E-state index in [2.05, 4.69) is 31.8 Å². The molecular formula is C20H13F3N8O. The first-order chi connectivity index (χ1) is 15.3. The molecule has 4 rings (SSSR count). The number of hydrogen-bond donors (Lipinski definition) is 3. The molecule has 12 heteroatoms. The molecule has 160 valence electrons. The number of nitriles is 1. The first-order valence-corrected chi connectivity index (χ1v) is 9.00. The highest BCUT2D eigenvalue weighted by atomic mass is 19.4. The Balaban J connectivity index is 1.54. The van der Waals surface area contributed by atoms with Gasteiger partial charge in [0, 0.05) is 23.6 Å². The average molecular weight is 438 g/mol.